The minimum atomic E-state index is -0.259. The highest BCUT2D eigenvalue weighted by molar-refractivity contribution is 9.10. The minimum Gasteiger partial charge on any atom is -0.457 e. The zero-order valence-corrected chi connectivity index (χ0v) is 11.7. The SMILES string of the molecule is Cc1cc(N)c(NC(=O)c2ccoc2Br)cc1C. The Bertz CT molecular complexity index is 605. The number of nitrogens with one attached hydrogen (secondary N) is 1. The maximum atomic E-state index is 12.0. The minimum absolute atomic E-state index is 0.259. The van der Waals surface area contributed by atoms with Crippen molar-refractivity contribution in [1.29, 1.82) is 0 Å². The topological polar surface area (TPSA) is 68.3 Å². The molecule has 0 aliphatic rings. The van der Waals surface area contributed by atoms with Gasteiger partial charge in [0.05, 0.1) is 23.2 Å². The van der Waals surface area contributed by atoms with Crippen molar-refractivity contribution in [1.82, 2.24) is 0 Å². The zero-order valence-electron chi connectivity index (χ0n) is 10.1. The number of nitrogen functional groups attached to an aromatic ring is 1. The molecule has 0 saturated heterocycles. The summed E-state index contributed by atoms with van der Waals surface area (Å²) in [6.07, 6.45) is 1.45. The Labute approximate surface area is 113 Å². The molecule has 0 aliphatic heterocycles. The molecule has 5 heteroatoms. The Morgan fingerprint density at radius 2 is 2.00 bits per heavy atom. The van der Waals surface area contributed by atoms with Gasteiger partial charge in [-0.05, 0) is 59.1 Å². The van der Waals surface area contributed by atoms with Gasteiger partial charge in [0.2, 0.25) is 0 Å². The third-order valence-electron chi connectivity index (χ3n) is 2.78. The summed E-state index contributed by atoms with van der Waals surface area (Å²) in [4.78, 5) is 12.0. The van der Waals surface area contributed by atoms with Crippen molar-refractivity contribution in [3.8, 4) is 0 Å². The van der Waals surface area contributed by atoms with Gasteiger partial charge in [-0.1, -0.05) is 0 Å². The van der Waals surface area contributed by atoms with E-state index in [1.807, 2.05) is 26.0 Å². The van der Waals surface area contributed by atoms with E-state index in [-0.39, 0.29) is 5.91 Å². The van der Waals surface area contributed by atoms with Crippen LogP contribution in [-0.2, 0) is 0 Å². The predicted octanol–water partition coefficient (Wildman–Crippen LogP) is 3.49. The summed E-state index contributed by atoms with van der Waals surface area (Å²) in [7, 11) is 0. The summed E-state index contributed by atoms with van der Waals surface area (Å²) in [5.74, 6) is -0.259. The second-order valence-electron chi connectivity index (χ2n) is 4.09. The van der Waals surface area contributed by atoms with E-state index in [0.29, 0.717) is 21.6 Å². The van der Waals surface area contributed by atoms with Gasteiger partial charge >= 0.3 is 0 Å². The molecule has 1 amide bonds. The molecule has 0 atom stereocenters. The van der Waals surface area contributed by atoms with E-state index >= 15 is 0 Å². The first-order valence-corrected chi connectivity index (χ1v) is 6.19. The number of benzene rings is 1. The number of rotatable bonds is 2. The molecule has 0 unspecified atom stereocenters. The van der Waals surface area contributed by atoms with Crippen molar-refractivity contribution >= 4 is 33.2 Å². The van der Waals surface area contributed by atoms with Gasteiger partial charge in [-0.25, -0.2) is 0 Å². The molecule has 0 fully saturated rings. The fourth-order valence-electron chi connectivity index (χ4n) is 1.59. The van der Waals surface area contributed by atoms with Gasteiger partial charge in [0, 0.05) is 0 Å². The molecule has 2 rings (SSSR count). The summed E-state index contributed by atoms with van der Waals surface area (Å²) in [5, 5.41) is 2.77. The number of hydrogen-bond donors (Lipinski definition) is 2. The van der Waals surface area contributed by atoms with Gasteiger partial charge in [-0.15, -0.1) is 0 Å². The van der Waals surface area contributed by atoms with Gasteiger partial charge in [-0.2, -0.15) is 0 Å². The van der Waals surface area contributed by atoms with E-state index < -0.39 is 0 Å². The van der Waals surface area contributed by atoms with Gasteiger partial charge in [0.1, 0.15) is 0 Å². The molecule has 1 aromatic carbocycles. The first-order chi connectivity index (χ1) is 8.49. The lowest BCUT2D eigenvalue weighted by molar-refractivity contribution is 0.102. The van der Waals surface area contributed by atoms with Gasteiger partial charge < -0.3 is 15.5 Å². The van der Waals surface area contributed by atoms with Crippen molar-refractivity contribution in [3.05, 3.63) is 45.8 Å². The molecule has 0 radical (unpaired) electrons. The number of aryl methyl sites for hydroxylation is 2. The lowest BCUT2D eigenvalue weighted by Gasteiger charge is -2.10. The normalized spacial score (nSPS) is 10.4. The average molecular weight is 309 g/mol. The molecule has 3 N–H and O–H groups in total. The van der Waals surface area contributed by atoms with Crippen LogP contribution in [0.4, 0.5) is 11.4 Å². The highest BCUT2D eigenvalue weighted by atomic mass is 79.9. The summed E-state index contributed by atoms with van der Waals surface area (Å²) in [6.45, 7) is 3.95. The quantitative estimate of drug-likeness (QED) is 0.834. The molecule has 18 heavy (non-hydrogen) atoms. The maximum Gasteiger partial charge on any atom is 0.260 e. The zero-order chi connectivity index (χ0) is 13.3. The molecular formula is C13H13BrN2O2. The number of furan rings is 1. The Morgan fingerprint density at radius 3 is 2.61 bits per heavy atom. The van der Waals surface area contributed by atoms with Crippen LogP contribution in [0.15, 0.2) is 33.5 Å². The standard InChI is InChI=1S/C13H13BrN2O2/c1-7-5-10(15)11(6-8(7)2)16-13(17)9-3-4-18-12(9)14/h3-6H,15H2,1-2H3,(H,16,17). The largest absolute Gasteiger partial charge is 0.457 e. The van der Waals surface area contributed by atoms with Crippen LogP contribution >= 0.6 is 15.9 Å². The van der Waals surface area contributed by atoms with Crippen molar-refractivity contribution in [3.63, 3.8) is 0 Å². The van der Waals surface area contributed by atoms with Crippen LogP contribution in [-0.4, -0.2) is 5.91 Å². The number of carbonyl (C=O) groups is 1. The number of nitrogens with two attached hydrogens (primary N) is 1. The molecule has 0 bridgehead atoms. The summed E-state index contributed by atoms with van der Waals surface area (Å²) in [5.41, 5.74) is 9.64. The smallest absolute Gasteiger partial charge is 0.260 e. The molecule has 0 spiro atoms. The Kier molecular flexibility index (Phi) is 3.43. The van der Waals surface area contributed by atoms with E-state index in [1.165, 1.54) is 6.26 Å². The maximum absolute atomic E-state index is 12.0. The molecule has 1 aromatic heterocycles. The first kappa shape index (κ1) is 12.7. The summed E-state index contributed by atoms with van der Waals surface area (Å²) >= 11 is 3.17. The van der Waals surface area contributed by atoms with Crippen molar-refractivity contribution < 1.29 is 9.21 Å². The number of amides is 1. The van der Waals surface area contributed by atoms with Crippen molar-refractivity contribution in [2.75, 3.05) is 11.1 Å². The molecule has 2 aromatic rings. The summed E-state index contributed by atoms with van der Waals surface area (Å²) < 4.78 is 5.43. The number of carbonyl (C=O) groups excluding carboxylic acids is 1. The third-order valence-corrected chi connectivity index (χ3v) is 3.39. The molecule has 94 valence electrons. The van der Waals surface area contributed by atoms with Crippen LogP contribution in [0.25, 0.3) is 0 Å². The molecule has 0 saturated carbocycles. The molecule has 0 aliphatic carbocycles. The fraction of sp³-hybridized carbons (Fsp3) is 0.154. The number of anilines is 2. The Balaban J connectivity index is 2.28. The highest BCUT2D eigenvalue weighted by Crippen LogP contribution is 2.25. The third kappa shape index (κ3) is 2.41. The van der Waals surface area contributed by atoms with Crippen LogP contribution < -0.4 is 11.1 Å². The number of halogens is 1. The van der Waals surface area contributed by atoms with Crippen LogP contribution in [0.3, 0.4) is 0 Å². The van der Waals surface area contributed by atoms with E-state index in [2.05, 4.69) is 21.2 Å². The van der Waals surface area contributed by atoms with E-state index in [1.54, 1.807) is 6.07 Å². The monoisotopic (exact) mass is 308 g/mol. The summed E-state index contributed by atoms with van der Waals surface area (Å²) in [6, 6.07) is 5.29. The number of hydrogen-bond acceptors (Lipinski definition) is 3. The van der Waals surface area contributed by atoms with Crippen molar-refractivity contribution in [2.45, 2.75) is 13.8 Å². The van der Waals surface area contributed by atoms with Gasteiger partial charge in [0.15, 0.2) is 4.67 Å². The Hall–Kier alpha value is -1.75. The van der Waals surface area contributed by atoms with Crippen molar-refractivity contribution in [2.24, 2.45) is 0 Å². The van der Waals surface area contributed by atoms with Crippen LogP contribution in [0.2, 0.25) is 0 Å². The predicted molar refractivity (Wildman–Crippen MR) is 74.7 cm³/mol. The molecule has 4 nitrogen and oxygen atoms in total. The average Bonchev–Trinajstić information content (AvgIpc) is 2.72. The van der Waals surface area contributed by atoms with Gasteiger partial charge in [-0.3, -0.25) is 4.79 Å². The van der Waals surface area contributed by atoms with E-state index in [0.717, 1.165) is 11.1 Å². The van der Waals surface area contributed by atoms with Crippen LogP contribution in [0.1, 0.15) is 21.5 Å². The highest BCUT2D eigenvalue weighted by Gasteiger charge is 2.14. The first-order valence-electron chi connectivity index (χ1n) is 5.40. The fourth-order valence-corrected chi connectivity index (χ4v) is 2.01. The van der Waals surface area contributed by atoms with Crippen LogP contribution in [0.5, 0.6) is 0 Å². The Morgan fingerprint density at radius 1 is 1.33 bits per heavy atom. The molecular weight excluding hydrogens is 296 g/mol. The van der Waals surface area contributed by atoms with E-state index in [4.69, 9.17) is 10.2 Å². The van der Waals surface area contributed by atoms with Gasteiger partial charge in [0.25, 0.3) is 5.91 Å². The second kappa shape index (κ2) is 4.86. The van der Waals surface area contributed by atoms with Crippen LogP contribution in [0, 0.1) is 13.8 Å². The van der Waals surface area contributed by atoms with E-state index in [9.17, 15) is 4.79 Å². The molecule has 1 heterocycles. The lowest BCUT2D eigenvalue weighted by Crippen LogP contribution is -2.13. The lowest BCUT2D eigenvalue weighted by atomic mass is 10.1. The second-order valence-corrected chi connectivity index (χ2v) is 4.81.